The molecular formula is C14H18ClFN2O. The average molecular weight is 285 g/mol. The maximum absolute atomic E-state index is 13.4. The van der Waals surface area contributed by atoms with E-state index in [2.05, 4.69) is 5.32 Å². The van der Waals surface area contributed by atoms with Crippen LogP contribution in [0.15, 0.2) is 24.3 Å². The van der Waals surface area contributed by atoms with Gasteiger partial charge < -0.3 is 10.2 Å². The number of nitrogens with one attached hydrogen (secondary N) is 1. The Kier molecular flexibility index (Phi) is 6.53. The van der Waals surface area contributed by atoms with E-state index in [-0.39, 0.29) is 16.5 Å². The van der Waals surface area contributed by atoms with Crippen molar-refractivity contribution in [1.29, 1.82) is 0 Å². The Morgan fingerprint density at radius 1 is 1.47 bits per heavy atom. The highest BCUT2D eigenvalue weighted by Gasteiger charge is 2.03. The molecule has 1 aromatic carbocycles. The van der Waals surface area contributed by atoms with Crippen LogP contribution in [-0.4, -0.2) is 38.0 Å². The van der Waals surface area contributed by atoms with E-state index in [4.69, 9.17) is 11.6 Å². The molecule has 0 aliphatic rings. The van der Waals surface area contributed by atoms with Crippen molar-refractivity contribution in [2.75, 3.05) is 27.2 Å². The third-order valence-corrected chi connectivity index (χ3v) is 2.81. The van der Waals surface area contributed by atoms with Gasteiger partial charge in [-0.3, -0.25) is 4.79 Å². The van der Waals surface area contributed by atoms with Gasteiger partial charge in [0.25, 0.3) is 0 Å². The zero-order valence-electron chi connectivity index (χ0n) is 11.1. The molecule has 0 saturated heterocycles. The van der Waals surface area contributed by atoms with E-state index in [1.165, 1.54) is 24.3 Å². The Morgan fingerprint density at radius 3 is 2.84 bits per heavy atom. The van der Waals surface area contributed by atoms with E-state index in [0.717, 1.165) is 13.0 Å². The van der Waals surface area contributed by atoms with Crippen molar-refractivity contribution in [2.45, 2.75) is 6.42 Å². The fourth-order valence-corrected chi connectivity index (χ4v) is 1.72. The summed E-state index contributed by atoms with van der Waals surface area (Å²) < 4.78 is 13.4. The second-order valence-electron chi connectivity index (χ2n) is 4.42. The Bertz CT molecular complexity index is 441. The normalized spacial score (nSPS) is 11.2. The number of halogens is 2. The van der Waals surface area contributed by atoms with Gasteiger partial charge in [0, 0.05) is 18.2 Å². The van der Waals surface area contributed by atoms with Gasteiger partial charge in [-0.05, 0) is 45.3 Å². The summed E-state index contributed by atoms with van der Waals surface area (Å²) in [5, 5.41) is 3.02. The van der Waals surface area contributed by atoms with E-state index in [1.54, 1.807) is 6.07 Å². The molecule has 0 heterocycles. The van der Waals surface area contributed by atoms with Crippen LogP contribution >= 0.6 is 11.6 Å². The Morgan fingerprint density at radius 2 is 2.21 bits per heavy atom. The molecule has 0 aliphatic heterocycles. The van der Waals surface area contributed by atoms with Gasteiger partial charge in [-0.1, -0.05) is 17.7 Å². The maximum atomic E-state index is 13.4. The molecule has 3 nitrogen and oxygen atoms in total. The first-order chi connectivity index (χ1) is 9.00. The van der Waals surface area contributed by atoms with E-state index >= 15 is 0 Å². The van der Waals surface area contributed by atoms with E-state index in [0.29, 0.717) is 6.54 Å². The second kappa shape index (κ2) is 7.92. The summed E-state index contributed by atoms with van der Waals surface area (Å²) in [5.74, 6) is -0.692. The molecule has 104 valence electrons. The van der Waals surface area contributed by atoms with E-state index in [1.807, 2.05) is 19.0 Å². The van der Waals surface area contributed by atoms with Crippen molar-refractivity contribution in [1.82, 2.24) is 10.2 Å². The van der Waals surface area contributed by atoms with E-state index in [9.17, 15) is 9.18 Å². The number of rotatable bonds is 6. The highest BCUT2D eigenvalue weighted by Crippen LogP contribution is 2.20. The monoisotopic (exact) mass is 284 g/mol. The number of hydrogen-bond acceptors (Lipinski definition) is 2. The van der Waals surface area contributed by atoms with Gasteiger partial charge in [0.2, 0.25) is 5.91 Å². The molecule has 0 aromatic heterocycles. The molecule has 0 unspecified atom stereocenters. The lowest BCUT2D eigenvalue weighted by atomic mass is 10.2. The molecule has 0 atom stereocenters. The summed E-state index contributed by atoms with van der Waals surface area (Å²) in [7, 11) is 3.95. The quantitative estimate of drug-likeness (QED) is 0.643. The van der Waals surface area contributed by atoms with Crippen LogP contribution in [-0.2, 0) is 4.79 Å². The Labute approximate surface area is 118 Å². The molecule has 5 heteroatoms. The lowest BCUT2D eigenvalue weighted by Crippen LogP contribution is -2.25. The largest absolute Gasteiger partial charge is 0.353 e. The zero-order chi connectivity index (χ0) is 14.3. The van der Waals surface area contributed by atoms with Crippen molar-refractivity contribution in [3.05, 3.63) is 40.7 Å². The van der Waals surface area contributed by atoms with Crippen molar-refractivity contribution >= 4 is 23.6 Å². The topological polar surface area (TPSA) is 32.3 Å². The smallest absolute Gasteiger partial charge is 0.244 e. The molecular weight excluding hydrogens is 267 g/mol. The standard InChI is InChI=1S/C14H18ClFN2O/c1-18(2)10-4-9-17-14(19)8-7-11-12(15)5-3-6-13(11)16/h3,5-8H,4,9-10H2,1-2H3,(H,17,19). The van der Waals surface area contributed by atoms with Crippen molar-refractivity contribution in [2.24, 2.45) is 0 Å². The minimum Gasteiger partial charge on any atom is -0.353 e. The first-order valence-electron chi connectivity index (χ1n) is 6.05. The summed E-state index contributed by atoms with van der Waals surface area (Å²) in [5.41, 5.74) is 0.229. The fourth-order valence-electron chi connectivity index (χ4n) is 1.49. The number of amides is 1. The van der Waals surface area contributed by atoms with Gasteiger partial charge in [-0.2, -0.15) is 0 Å². The van der Waals surface area contributed by atoms with E-state index < -0.39 is 5.82 Å². The van der Waals surface area contributed by atoms with Gasteiger partial charge in [0.1, 0.15) is 5.82 Å². The molecule has 0 spiro atoms. The average Bonchev–Trinajstić information content (AvgIpc) is 2.34. The molecule has 19 heavy (non-hydrogen) atoms. The lowest BCUT2D eigenvalue weighted by Gasteiger charge is -2.08. The molecule has 0 radical (unpaired) electrons. The SMILES string of the molecule is CN(C)CCCNC(=O)C=Cc1c(F)cccc1Cl. The summed E-state index contributed by atoms with van der Waals surface area (Å²) in [6.45, 7) is 1.50. The van der Waals surface area contributed by atoms with Crippen LogP contribution in [0.1, 0.15) is 12.0 Å². The minimum absolute atomic E-state index is 0.229. The van der Waals surface area contributed by atoms with Crippen LogP contribution in [0.5, 0.6) is 0 Å². The predicted octanol–water partition coefficient (Wildman–Crippen LogP) is 2.56. The molecule has 0 bridgehead atoms. The van der Waals surface area contributed by atoms with Crippen LogP contribution in [0, 0.1) is 5.82 Å². The molecule has 1 N–H and O–H groups in total. The van der Waals surface area contributed by atoms with Gasteiger partial charge >= 0.3 is 0 Å². The predicted molar refractivity (Wildman–Crippen MR) is 76.6 cm³/mol. The van der Waals surface area contributed by atoms with Gasteiger partial charge in [0.15, 0.2) is 0 Å². The summed E-state index contributed by atoms with van der Waals surface area (Å²) in [6, 6.07) is 4.41. The number of hydrogen-bond donors (Lipinski definition) is 1. The first kappa shape index (κ1) is 15.7. The zero-order valence-corrected chi connectivity index (χ0v) is 11.9. The lowest BCUT2D eigenvalue weighted by molar-refractivity contribution is -0.116. The Hall–Kier alpha value is -1.39. The van der Waals surface area contributed by atoms with Crippen LogP contribution in [0.2, 0.25) is 5.02 Å². The number of nitrogens with zero attached hydrogens (tertiary/aromatic N) is 1. The fraction of sp³-hybridized carbons (Fsp3) is 0.357. The molecule has 1 amide bonds. The highest BCUT2D eigenvalue weighted by molar-refractivity contribution is 6.32. The van der Waals surface area contributed by atoms with Crippen LogP contribution in [0.3, 0.4) is 0 Å². The summed E-state index contributed by atoms with van der Waals surface area (Å²) >= 11 is 5.85. The second-order valence-corrected chi connectivity index (χ2v) is 4.82. The summed E-state index contributed by atoms with van der Waals surface area (Å²) in [4.78, 5) is 13.5. The first-order valence-corrected chi connectivity index (χ1v) is 6.43. The van der Waals surface area contributed by atoms with Crippen molar-refractivity contribution in [3.8, 4) is 0 Å². The highest BCUT2D eigenvalue weighted by atomic mass is 35.5. The van der Waals surface area contributed by atoms with Gasteiger partial charge in [-0.25, -0.2) is 4.39 Å². The molecule has 0 saturated carbocycles. The molecule has 0 fully saturated rings. The van der Waals surface area contributed by atoms with Crippen molar-refractivity contribution in [3.63, 3.8) is 0 Å². The number of carbonyl (C=O) groups excluding carboxylic acids is 1. The minimum atomic E-state index is -0.441. The third kappa shape index (κ3) is 5.85. The van der Waals surface area contributed by atoms with Crippen molar-refractivity contribution < 1.29 is 9.18 Å². The number of carbonyl (C=O) groups is 1. The summed E-state index contributed by atoms with van der Waals surface area (Å²) in [6.07, 6.45) is 3.55. The van der Waals surface area contributed by atoms with Gasteiger partial charge in [0.05, 0.1) is 5.02 Å². The molecule has 1 aromatic rings. The maximum Gasteiger partial charge on any atom is 0.244 e. The molecule has 0 aliphatic carbocycles. The van der Waals surface area contributed by atoms with Crippen LogP contribution in [0.4, 0.5) is 4.39 Å². The van der Waals surface area contributed by atoms with Gasteiger partial charge in [-0.15, -0.1) is 0 Å². The number of benzene rings is 1. The van der Waals surface area contributed by atoms with Crippen LogP contribution < -0.4 is 5.32 Å². The Balaban J connectivity index is 2.46. The third-order valence-electron chi connectivity index (χ3n) is 2.48. The van der Waals surface area contributed by atoms with Crippen LogP contribution in [0.25, 0.3) is 6.08 Å². The molecule has 1 rings (SSSR count).